The molecule has 0 radical (unpaired) electrons. The maximum atomic E-state index is 12.6. The number of hydrogen-bond acceptors (Lipinski definition) is 3. The summed E-state index contributed by atoms with van der Waals surface area (Å²) in [6.07, 6.45) is 0.400. The standard InChI is InChI=1S/C24H24N2O2S/c27-23(15-16-29-18-20-11-5-2-6-12-20)26-22-14-8-7-13-21(22)24(28)25-17-19-9-3-1-4-10-19/h1-14H,15-18H2,(H,25,28)(H,26,27). The normalized spacial score (nSPS) is 10.3. The summed E-state index contributed by atoms with van der Waals surface area (Å²) in [6, 6.07) is 27.0. The van der Waals surface area contributed by atoms with Crippen LogP contribution in [0.1, 0.15) is 27.9 Å². The van der Waals surface area contributed by atoms with Crippen LogP contribution in [0.25, 0.3) is 0 Å². The van der Waals surface area contributed by atoms with Crippen molar-refractivity contribution in [1.29, 1.82) is 0 Å². The van der Waals surface area contributed by atoms with Crippen molar-refractivity contribution in [3.05, 3.63) is 102 Å². The molecule has 0 aromatic heterocycles. The molecule has 0 atom stereocenters. The maximum Gasteiger partial charge on any atom is 0.253 e. The van der Waals surface area contributed by atoms with E-state index in [-0.39, 0.29) is 11.8 Å². The van der Waals surface area contributed by atoms with Crippen molar-refractivity contribution in [1.82, 2.24) is 5.32 Å². The minimum atomic E-state index is -0.205. The fraction of sp³-hybridized carbons (Fsp3) is 0.167. The van der Waals surface area contributed by atoms with E-state index in [1.165, 1.54) is 5.56 Å². The zero-order chi connectivity index (χ0) is 20.3. The summed E-state index contributed by atoms with van der Waals surface area (Å²) >= 11 is 1.72. The van der Waals surface area contributed by atoms with Gasteiger partial charge in [0.1, 0.15) is 0 Å². The fourth-order valence-corrected chi connectivity index (χ4v) is 3.71. The monoisotopic (exact) mass is 404 g/mol. The van der Waals surface area contributed by atoms with Crippen molar-refractivity contribution in [3.8, 4) is 0 Å². The van der Waals surface area contributed by atoms with Crippen LogP contribution in [0.4, 0.5) is 5.69 Å². The lowest BCUT2D eigenvalue weighted by atomic mass is 10.1. The first-order valence-electron chi connectivity index (χ1n) is 9.55. The molecule has 0 spiro atoms. The zero-order valence-electron chi connectivity index (χ0n) is 16.1. The van der Waals surface area contributed by atoms with E-state index >= 15 is 0 Å². The predicted octanol–water partition coefficient (Wildman–Crippen LogP) is 4.88. The SMILES string of the molecule is O=C(CCSCc1ccccc1)Nc1ccccc1C(=O)NCc1ccccc1. The first-order valence-corrected chi connectivity index (χ1v) is 10.7. The first-order chi connectivity index (χ1) is 14.2. The van der Waals surface area contributed by atoms with Gasteiger partial charge in [0.05, 0.1) is 11.3 Å². The number of rotatable bonds is 9. The van der Waals surface area contributed by atoms with Crippen LogP contribution in [0.5, 0.6) is 0 Å². The third kappa shape index (κ3) is 6.80. The number of thioether (sulfide) groups is 1. The van der Waals surface area contributed by atoms with E-state index in [4.69, 9.17) is 0 Å². The average molecular weight is 405 g/mol. The molecule has 3 rings (SSSR count). The molecule has 2 N–H and O–H groups in total. The van der Waals surface area contributed by atoms with Crippen molar-refractivity contribution < 1.29 is 9.59 Å². The molecule has 0 bridgehead atoms. The molecule has 0 saturated heterocycles. The molecular weight excluding hydrogens is 380 g/mol. The molecule has 4 nitrogen and oxygen atoms in total. The van der Waals surface area contributed by atoms with Crippen LogP contribution in [-0.4, -0.2) is 17.6 Å². The maximum absolute atomic E-state index is 12.6. The summed E-state index contributed by atoms with van der Waals surface area (Å²) in [5.41, 5.74) is 3.28. The highest BCUT2D eigenvalue weighted by Gasteiger charge is 2.13. The van der Waals surface area contributed by atoms with E-state index < -0.39 is 0 Å². The van der Waals surface area contributed by atoms with Crippen LogP contribution >= 0.6 is 11.8 Å². The number of anilines is 1. The number of hydrogen-bond donors (Lipinski definition) is 2. The van der Waals surface area contributed by atoms with Gasteiger partial charge >= 0.3 is 0 Å². The van der Waals surface area contributed by atoms with Gasteiger partial charge in [0, 0.05) is 24.5 Å². The van der Waals surface area contributed by atoms with Crippen LogP contribution in [0.15, 0.2) is 84.9 Å². The number of carbonyl (C=O) groups is 2. The number of carbonyl (C=O) groups excluding carboxylic acids is 2. The largest absolute Gasteiger partial charge is 0.348 e. The Morgan fingerprint density at radius 3 is 2.10 bits per heavy atom. The second kappa shape index (κ2) is 11.1. The van der Waals surface area contributed by atoms with Gasteiger partial charge in [-0.25, -0.2) is 0 Å². The van der Waals surface area contributed by atoms with E-state index in [0.717, 1.165) is 17.1 Å². The molecule has 0 fully saturated rings. The minimum Gasteiger partial charge on any atom is -0.348 e. The molecule has 148 valence electrons. The lowest BCUT2D eigenvalue weighted by Crippen LogP contribution is -2.24. The van der Waals surface area contributed by atoms with Gasteiger partial charge in [-0.1, -0.05) is 72.8 Å². The average Bonchev–Trinajstić information content (AvgIpc) is 2.77. The highest BCUT2D eigenvalue weighted by molar-refractivity contribution is 7.98. The lowest BCUT2D eigenvalue weighted by molar-refractivity contribution is -0.115. The molecule has 0 aliphatic carbocycles. The summed E-state index contributed by atoms with van der Waals surface area (Å²) in [4.78, 5) is 24.9. The van der Waals surface area contributed by atoms with E-state index in [1.54, 1.807) is 30.0 Å². The molecule has 0 aliphatic rings. The van der Waals surface area contributed by atoms with Crippen LogP contribution in [0.2, 0.25) is 0 Å². The molecular formula is C24H24N2O2S. The van der Waals surface area contributed by atoms with Crippen molar-refractivity contribution in [2.75, 3.05) is 11.1 Å². The Bertz CT molecular complexity index is 930. The van der Waals surface area contributed by atoms with Crippen molar-refractivity contribution in [2.45, 2.75) is 18.7 Å². The van der Waals surface area contributed by atoms with Crippen LogP contribution in [0.3, 0.4) is 0 Å². The molecule has 0 saturated carbocycles. The van der Waals surface area contributed by atoms with Gasteiger partial charge in [-0.15, -0.1) is 0 Å². The smallest absolute Gasteiger partial charge is 0.253 e. The highest BCUT2D eigenvalue weighted by Crippen LogP contribution is 2.17. The summed E-state index contributed by atoms with van der Waals surface area (Å²) < 4.78 is 0. The third-order valence-corrected chi connectivity index (χ3v) is 5.36. The van der Waals surface area contributed by atoms with Crippen LogP contribution < -0.4 is 10.6 Å². The third-order valence-electron chi connectivity index (χ3n) is 4.33. The zero-order valence-corrected chi connectivity index (χ0v) is 17.0. The first kappa shape index (κ1) is 20.7. The quantitative estimate of drug-likeness (QED) is 0.500. The summed E-state index contributed by atoms with van der Waals surface area (Å²) in [5, 5.41) is 5.78. The summed E-state index contributed by atoms with van der Waals surface area (Å²) in [5.74, 6) is 1.31. The molecule has 0 unspecified atom stereocenters. The Hall–Kier alpha value is -3.05. The Labute approximate surface area is 175 Å². The van der Waals surface area contributed by atoms with Gasteiger partial charge in [0.2, 0.25) is 5.91 Å². The second-order valence-corrected chi connectivity index (χ2v) is 7.66. The Morgan fingerprint density at radius 2 is 1.38 bits per heavy atom. The van der Waals surface area contributed by atoms with Gasteiger partial charge in [-0.2, -0.15) is 11.8 Å². The van der Waals surface area contributed by atoms with Crippen molar-refractivity contribution in [2.24, 2.45) is 0 Å². The minimum absolute atomic E-state index is 0.0890. The second-order valence-electron chi connectivity index (χ2n) is 6.55. The van der Waals surface area contributed by atoms with Gasteiger partial charge in [0.15, 0.2) is 0 Å². The van der Waals surface area contributed by atoms with Gasteiger partial charge in [-0.3, -0.25) is 9.59 Å². The van der Waals surface area contributed by atoms with Crippen molar-refractivity contribution >= 4 is 29.3 Å². The number of benzene rings is 3. The summed E-state index contributed by atoms with van der Waals surface area (Å²) in [7, 11) is 0. The molecule has 29 heavy (non-hydrogen) atoms. The van der Waals surface area contributed by atoms with E-state index in [2.05, 4.69) is 22.8 Å². The van der Waals surface area contributed by atoms with E-state index in [0.29, 0.717) is 24.2 Å². The molecule has 0 heterocycles. The van der Waals surface area contributed by atoms with Gasteiger partial charge in [-0.05, 0) is 23.3 Å². The van der Waals surface area contributed by atoms with Crippen molar-refractivity contribution in [3.63, 3.8) is 0 Å². The van der Waals surface area contributed by atoms with Crippen LogP contribution in [0, 0.1) is 0 Å². The van der Waals surface area contributed by atoms with Gasteiger partial charge < -0.3 is 10.6 Å². The topological polar surface area (TPSA) is 58.2 Å². The van der Waals surface area contributed by atoms with E-state index in [9.17, 15) is 9.59 Å². The predicted molar refractivity (Wildman–Crippen MR) is 120 cm³/mol. The highest BCUT2D eigenvalue weighted by atomic mass is 32.2. The molecule has 3 aromatic carbocycles. The Balaban J connectivity index is 1.48. The van der Waals surface area contributed by atoms with Crippen LogP contribution in [-0.2, 0) is 17.1 Å². The Morgan fingerprint density at radius 1 is 0.759 bits per heavy atom. The van der Waals surface area contributed by atoms with Gasteiger partial charge in [0.25, 0.3) is 5.91 Å². The summed E-state index contributed by atoms with van der Waals surface area (Å²) in [6.45, 7) is 0.443. The number of para-hydroxylation sites is 1. The molecule has 3 aromatic rings. The van der Waals surface area contributed by atoms with E-state index in [1.807, 2.05) is 54.6 Å². The molecule has 5 heteroatoms. The molecule has 2 amide bonds. The number of amides is 2. The fourth-order valence-electron chi connectivity index (χ4n) is 2.81. The lowest BCUT2D eigenvalue weighted by Gasteiger charge is -2.11. The Kier molecular flexibility index (Phi) is 7.90. The molecule has 0 aliphatic heterocycles. The number of nitrogens with one attached hydrogen (secondary N) is 2.